The Balaban J connectivity index is 1.74. The Bertz CT molecular complexity index is 980. The maximum atomic E-state index is 13.0. The Hall–Kier alpha value is -2.35. The molecule has 0 aliphatic carbocycles. The molecule has 1 amide bonds. The maximum absolute atomic E-state index is 13.0. The monoisotopic (exact) mass is 431 g/mol. The topological polar surface area (TPSA) is 81.5 Å². The van der Waals surface area contributed by atoms with E-state index in [-0.39, 0.29) is 34.6 Å². The van der Waals surface area contributed by atoms with Gasteiger partial charge in [-0.25, -0.2) is 4.98 Å². The van der Waals surface area contributed by atoms with E-state index < -0.39 is 0 Å². The molecule has 1 aromatic heterocycles. The van der Waals surface area contributed by atoms with E-state index in [1.807, 2.05) is 39.0 Å². The van der Waals surface area contributed by atoms with Gasteiger partial charge in [-0.2, -0.15) is 0 Å². The van der Waals surface area contributed by atoms with Gasteiger partial charge in [-0.3, -0.25) is 19.0 Å². The van der Waals surface area contributed by atoms with Crippen LogP contribution in [0, 0.1) is 5.92 Å². The molecule has 1 unspecified atom stereocenters. The second-order valence-corrected chi connectivity index (χ2v) is 9.10. The van der Waals surface area contributed by atoms with Crippen LogP contribution in [0.15, 0.2) is 34.2 Å². The van der Waals surface area contributed by atoms with Crippen molar-refractivity contribution >= 4 is 34.5 Å². The molecule has 1 atom stereocenters. The van der Waals surface area contributed by atoms with Crippen LogP contribution in [0.4, 0.5) is 0 Å². The second kappa shape index (κ2) is 9.64. The Labute approximate surface area is 180 Å². The summed E-state index contributed by atoms with van der Waals surface area (Å²) in [4.78, 5) is 44.4. The van der Waals surface area contributed by atoms with E-state index in [0.717, 1.165) is 0 Å². The van der Waals surface area contributed by atoms with Gasteiger partial charge >= 0.3 is 5.97 Å². The molecular formula is C22H29N3O4S. The Morgan fingerprint density at radius 3 is 2.50 bits per heavy atom. The van der Waals surface area contributed by atoms with Gasteiger partial charge in [0.15, 0.2) is 5.16 Å². The van der Waals surface area contributed by atoms with E-state index in [0.29, 0.717) is 48.6 Å². The van der Waals surface area contributed by atoms with Gasteiger partial charge in [-0.05, 0) is 52.7 Å². The number of para-hydroxylation sites is 1. The molecule has 162 valence electrons. The van der Waals surface area contributed by atoms with E-state index in [2.05, 4.69) is 4.98 Å². The number of benzene rings is 1. The van der Waals surface area contributed by atoms with Gasteiger partial charge in [-0.15, -0.1) is 0 Å². The minimum atomic E-state index is -0.387. The number of piperidine rings is 1. The van der Waals surface area contributed by atoms with E-state index in [9.17, 15) is 14.4 Å². The summed E-state index contributed by atoms with van der Waals surface area (Å²) in [6, 6.07) is 7.21. The first-order valence-corrected chi connectivity index (χ1v) is 11.3. The third kappa shape index (κ3) is 4.69. The first-order valence-electron chi connectivity index (χ1n) is 10.5. The van der Waals surface area contributed by atoms with Crippen molar-refractivity contribution in [3.63, 3.8) is 0 Å². The smallest absolute Gasteiger partial charge is 0.309 e. The van der Waals surface area contributed by atoms with Crippen LogP contribution in [0.1, 0.15) is 46.6 Å². The number of rotatable bonds is 6. The molecule has 0 radical (unpaired) electrons. The summed E-state index contributed by atoms with van der Waals surface area (Å²) in [6.45, 7) is 8.97. The lowest BCUT2D eigenvalue weighted by Gasteiger charge is -2.32. The zero-order valence-corrected chi connectivity index (χ0v) is 18.8. The average molecular weight is 432 g/mol. The number of hydrogen-bond donors (Lipinski definition) is 0. The van der Waals surface area contributed by atoms with E-state index in [4.69, 9.17) is 4.74 Å². The summed E-state index contributed by atoms with van der Waals surface area (Å²) >= 11 is 1.31. The Morgan fingerprint density at radius 2 is 1.87 bits per heavy atom. The molecule has 8 heteroatoms. The molecule has 1 aliphatic rings. The molecule has 0 N–H and O–H groups in total. The quantitative estimate of drug-likeness (QED) is 0.397. The Morgan fingerprint density at radius 1 is 1.20 bits per heavy atom. The molecule has 1 fully saturated rings. The van der Waals surface area contributed by atoms with Crippen molar-refractivity contribution in [3.05, 3.63) is 34.6 Å². The van der Waals surface area contributed by atoms with Gasteiger partial charge < -0.3 is 9.64 Å². The first-order chi connectivity index (χ1) is 14.3. The normalized spacial score (nSPS) is 16.1. The molecule has 30 heavy (non-hydrogen) atoms. The first kappa shape index (κ1) is 22.3. The number of likely N-dealkylation sites (tertiary alicyclic amines) is 1. The zero-order chi connectivity index (χ0) is 21.8. The molecule has 3 rings (SSSR count). The highest BCUT2D eigenvalue weighted by molar-refractivity contribution is 8.00. The molecule has 2 aromatic rings. The molecule has 0 bridgehead atoms. The highest BCUT2D eigenvalue weighted by Gasteiger charge is 2.31. The predicted molar refractivity (Wildman–Crippen MR) is 118 cm³/mol. The predicted octanol–water partition coefficient (Wildman–Crippen LogP) is 3.26. The van der Waals surface area contributed by atoms with Crippen LogP contribution in [-0.4, -0.2) is 51.3 Å². The van der Waals surface area contributed by atoms with Crippen molar-refractivity contribution in [2.75, 3.05) is 19.7 Å². The summed E-state index contributed by atoms with van der Waals surface area (Å²) in [6.07, 6.45) is 1.24. The highest BCUT2D eigenvalue weighted by atomic mass is 32.2. The van der Waals surface area contributed by atoms with Crippen LogP contribution in [0.5, 0.6) is 0 Å². The lowest BCUT2D eigenvalue weighted by atomic mass is 9.97. The van der Waals surface area contributed by atoms with Crippen LogP contribution >= 0.6 is 11.8 Å². The second-order valence-electron chi connectivity index (χ2n) is 7.79. The summed E-state index contributed by atoms with van der Waals surface area (Å²) in [5.41, 5.74) is 0.546. The van der Waals surface area contributed by atoms with E-state index in [1.54, 1.807) is 22.5 Å². The highest BCUT2D eigenvalue weighted by Crippen LogP contribution is 2.27. The number of esters is 1. The largest absolute Gasteiger partial charge is 0.466 e. The number of amides is 1. The van der Waals surface area contributed by atoms with Crippen molar-refractivity contribution in [2.24, 2.45) is 5.92 Å². The van der Waals surface area contributed by atoms with Gasteiger partial charge in [0.2, 0.25) is 5.91 Å². The third-order valence-corrected chi connectivity index (χ3v) is 6.40. The summed E-state index contributed by atoms with van der Waals surface area (Å²) in [7, 11) is 0. The number of nitrogens with zero attached hydrogens (tertiary/aromatic N) is 3. The third-order valence-electron chi connectivity index (χ3n) is 5.35. The van der Waals surface area contributed by atoms with Crippen molar-refractivity contribution in [3.8, 4) is 0 Å². The molecule has 1 saturated heterocycles. The van der Waals surface area contributed by atoms with Gasteiger partial charge in [0.25, 0.3) is 5.56 Å². The number of ether oxygens (including phenoxy) is 1. The standard InChI is InChI=1S/C22H29N3O4S/c1-5-29-21(28)16-10-12-24(13-11-16)19(26)15(4)30-22-23-18-9-7-6-8-17(18)20(27)25(22)14(2)3/h6-9,14-16H,5,10-13H2,1-4H3. The summed E-state index contributed by atoms with van der Waals surface area (Å²) in [5.74, 6) is -0.307. The molecule has 0 saturated carbocycles. The summed E-state index contributed by atoms with van der Waals surface area (Å²) < 4.78 is 6.75. The Kier molecular flexibility index (Phi) is 7.18. The summed E-state index contributed by atoms with van der Waals surface area (Å²) in [5, 5.41) is 0.744. The van der Waals surface area contributed by atoms with Gasteiger partial charge in [0, 0.05) is 19.1 Å². The van der Waals surface area contributed by atoms with Crippen molar-refractivity contribution in [1.29, 1.82) is 0 Å². The van der Waals surface area contributed by atoms with Crippen LogP contribution in [0.3, 0.4) is 0 Å². The molecular weight excluding hydrogens is 402 g/mol. The fourth-order valence-corrected chi connectivity index (χ4v) is 4.85. The van der Waals surface area contributed by atoms with Gasteiger partial charge in [0.1, 0.15) is 0 Å². The van der Waals surface area contributed by atoms with Crippen LogP contribution in [0.25, 0.3) is 10.9 Å². The van der Waals surface area contributed by atoms with Crippen molar-refractivity contribution in [2.45, 2.75) is 57.0 Å². The molecule has 1 aliphatic heterocycles. The lowest BCUT2D eigenvalue weighted by Crippen LogP contribution is -2.43. The van der Waals surface area contributed by atoms with E-state index >= 15 is 0 Å². The number of aromatic nitrogens is 2. The number of thioether (sulfide) groups is 1. The van der Waals surface area contributed by atoms with Gasteiger partial charge in [0.05, 0.1) is 28.7 Å². The molecule has 2 heterocycles. The fourth-order valence-electron chi connectivity index (χ4n) is 3.73. The number of carbonyl (C=O) groups excluding carboxylic acids is 2. The van der Waals surface area contributed by atoms with Crippen LogP contribution < -0.4 is 5.56 Å². The minimum Gasteiger partial charge on any atom is -0.466 e. The molecule has 1 aromatic carbocycles. The van der Waals surface area contributed by atoms with Crippen LogP contribution in [-0.2, 0) is 14.3 Å². The molecule has 0 spiro atoms. The number of fused-ring (bicyclic) bond motifs is 1. The lowest BCUT2D eigenvalue weighted by molar-refractivity contribution is -0.151. The minimum absolute atomic E-state index is 0.0000209. The zero-order valence-electron chi connectivity index (χ0n) is 18.0. The number of hydrogen-bond acceptors (Lipinski definition) is 6. The van der Waals surface area contributed by atoms with E-state index in [1.165, 1.54) is 11.8 Å². The van der Waals surface area contributed by atoms with Crippen molar-refractivity contribution < 1.29 is 14.3 Å². The fraction of sp³-hybridized carbons (Fsp3) is 0.545. The maximum Gasteiger partial charge on any atom is 0.309 e. The molecule has 7 nitrogen and oxygen atoms in total. The SMILES string of the molecule is CCOC(=O)C1CCN(C(=O)C(C)Sc2nc3ccccc3c(=O)n2C(C)C)CC1. The number of carbonyl (C=O) groups is 2. The van der Waals surface area contributed by atoms with Crippen molar-refractivity contribution in [1.82, 2.24) is 14.5 Å². The van der Waals surface area contributed by atoms with Gasteiger partial charge in [-0.1, -0.05) is 23.9 Å². The van der Waals surface area contributed by atoms with Crippen LogP contribution in [0.2, 0.25) is 0 Å². The average Bonchev–Trinajstić information content (AvgIpc) is 2.73.